The highest BCUT2D eigenvalue weighted by Gasteiger charge is 2.09. The zero-order valence-corrected chi connectivity index (χ0v) is 8.04. The van der Waals surface area contributed by atoms with Crippen molar-refractivity contribution in [1.29, 1.82) is 0 Å². The van der Waals surface area contributed by atoms with E-state index in [2.05, 4.69) is 4.98 Å². The summed E-state index contributed by atoms with van der Waals surface area (Å²) in [6.07, 6.45) is 1.75. The number of hydrogen-bond donors (Lipinski definition) is 0. The van der Waals surface area contributed by atoms with E-state index in [-0.39, 0.29) is 11.0 Å². The van der Waals surface area contributed by atoms with E-state index >= 15 is 0 Å². The number of hydrogen-bond acceptors (Lipinski definition) is 4. The minimum absolute atomic E-state index is 0.0288. The van der Waals surface area contributed by atoms with Gasteiger partial charge in [0.2, 0.25) is 0 Å². The summed E-state index contributed by atoms with van der Waals surface area (Å²) < 4.78 is 0.965. The monoisotopic (exact) mass is 187 g/mol. The van der Waals surface area contributed by atoms with Crippen LogP contribution in [0.4, 0.5) is 0 Å². The van der Waals surface area contributed by atoms with Gasteiger partial charge in [0.25, 0.3) is 0 Å². The zero-order valence-electron chi connectivity index (χ0n) is 6.40. The fraction of sp³-hybridized carbons (Fsp3) is 0.429. The van der Waals surface area contributed by atoms with Gasteiger partial charge in [-0.15, -0.1) is 11.3 Å². The first kappa shape index (κ1) is 8.74. The molecular weight excluding hydrogens is 178 g/mol. The molecule has 4 heteroatoms. The highest BCUT2D eigenvalue weighted by molar-refractivity contribution is 8.02. The molecule has 0 aliphatic heterocycles. The summed E-state index contributed by atoms with van der Waals surface area (Å²) in [6.45, 7) is 3.50. The smallest absolute Gasteiger partial charge is 0.150 e. The van der Waals surface area contributed by atoms with Crippen molar-refractivity contribution in [2.75, 3.05) is 0 Å². The lowest BCUT2D eigenvalue weighted by atomic mass is 10.3. The molecule has 1 aromatic heterocycles. The molecule has 0 saturated carbocycles. The van der Waals surface area contributed by atoms with Crippen LogP contribution >= 0.6 is 23.1 Å². The summed E-state index contributed by atoms with van der Waals surface area (Å²) >= 11 is 3.08. The Morgan fingerprint density at radius 3 is 3.00 bits per heavy atom. The maximum absolute atomic E-state index is 10.8. The van der Waals surface area contributed by atoms with Crippen molar-refractivity contribution >= 4 is 28.9 Å². The molecule has 60 valence electrons. The highest BCUT2D eigenvalue weighted by atomic mass is 32.2. The molecule has 0 spiro atoms. The van der Waals surface area contributed by atoms with E-state index in [9.17, 15) is 4.79 Å². The number of rotatable bonds is 3. The molecule has 1 unspecified atom stereocenters. The van der Waals surface area contributed by atoms with Gasteiger partial charge in [-0.05, 0) is 13.8 Å². The Bertz CT molecular complexity index is 233. The maximum Gasteiger partial charge on any atom is 0.150 e. The lowest BCUT2D eigenvalue weighted by Crippen LogP contribution is -2.07. The van der Waals surface area contributed by atoms with Gasteiger partial charge in [-0.1, -0.05) is 11.8 Å². The van der Waals surface area contributed by atoms with Crippen LogP contribution in [0, 0.1) is 0 Å². The van der Waals surface area contributed by atoms with Gasteiger partial charge >= 0.3 is 0 Å². The number of aromatic nitrogens is 1. The molecule has 1 rings (SSSR count). The van der Waals surface area contributed by atoms with Gasteiger partial charge in [0.05, 0.1) is 5.25 Å². The molecule has 0 saturated heterocycles. The van der Waals surface area contributed by atoms with Crippen LogP contribution in [0.15, 0.2) is 15.9 Å². The summed E-state index contributed by atoms with van der Waals surface area (Å²) in [5, 5.41) is 1.94. The molecule has 1 heterocycles. The lowest BCUT2D eigenvalue weighted by Gasteiger charge is -2.01. The zero-order chi connectivity index (χ0) is 8.27. The van der Waals surface area contributed by atoms with Gasteiger partial charge in [-0.2, -0.15) is 0 Å². The summed E-state index contributed by atoms with van der Waals surface area (Å²) in [4.78, 5) is 14.9. The Hall–Kier alpha value is -0.350. The van der Waals surface area contributed by atoms with E-state index in [4.69, 9.17) is 0 Å². The number of thioether (sulfide) groups is 1. The molecule has 0 bridgehead atoms. The van der Waals surface area contributed by atoms with Gasteiger partial charge in [0.15, 0.2) is 0 Å². The lowest BCUT2D eigenvalue weighted by molar-refractivity contribution is -0.116. The number of thiazole rings is 1. The molecule has 0 N–H and O–H groups in total. The van der Waals surface area contributed by atoms with Crippen molar-refractivity contribution in [3.63, 3.8) is 0 Å². The van der Waals surface area contributed by atoms with E-state index < -0.39 is 0 Å². The molecular formula is C7H9NOS2. The number of ketones is 1. The molecule has 2 nitrogen and oxygen atoms in total. The van der Waals surface area contributed by atoms with Crippen molar-refractivity contribution in [3.8, 4) is 0 Å². The summed E-state index contributed by atoms with van der Waals surface area (Å²) in [5.74, 6) is 0.199. The van der Waals surface area contributed by atoms with Gasteiger partial charge in [0, 0.05) is 11.6 Å². The van der Waals surface area contributed by atoms with E-state index in [1.165, 1.54) is 11.8 Å². The van der Waals surface area contributed by atoms with Gasteiger partial charge in [-0.25, -0.2) is 4.98 Å². The molecule has 1 aromatic rings. The third kappa shape index (κ3) is 2.63. The van der Waals surface area contributed by atoms with Crippen LogP contribution in [-0.4, -0.2) is 16.0 Å². The van der Waals surface area contributed by atoms with Gasteiger partial charge < -0.3 is 0 Å². The van der Waals surface area contributed by atoms with Crippen LogP contribution in [-0.2, 0) is 4.79 Å². The average Bonchev–Trinajstić information content (AvgIpc) is 2.39. The molecule has 1 atom stereocenters. The Kier molecular flexibility index (Phi) is 3.08. The first-order valence-electron chi connectivity index (χ1n) is 3.26. The van der Waals surface area contributed by atoms with Crippen molar-refractivity contribution < 1.29 is 4.79 Å². The Morgan fingerprint density at radius 2 is 2.55 bits per heavy atom. The topological polar surface area (TPSA) is 30.0 Å². The highest BCUT2D eigenvalue weighted by Crippen LogP contribution is 2.24. The van der Waals surface area contributed by atoms with Crippen LogP contribution in [0.3, 0.4) is 0 Å². The van der Waals surface area contributed by atoms with E-state index in [1.54, 1.807) is 24.5 Å². The van der Waals surface area contributed by atoms with Crippen molar-refractivity contribution in [3.05, 3.63) is 11.6 Å². The van der Waals surface area contributed by atoms with Crippen LogP contribution < -0.4 is 0 Å². The molecule has 0 amide bonds. The third-order valence-corrected chi connectivity index (χ3v) is 3.39. The number of nitrogens with zero attached hydrogens (tertiary/aromatic N) is 1. The first-order chi connectivity index (χ1) is 5.20. The second-order valence-electron chi connectivity index (χ2n) is 2.17. The van der Waals surface area contributed by atoms with Gasteiger partial charge in [-0.3, -0.25) is 4.79 Å². The van der Waals surface area contributed by atoms with Crippen molar-refractivity contribution in [2.24, 2.45) is 0 Å². The molecule has 0 aliphatic carbocycles. The second kappa shape index (κ2) is 3.88. The van der Waals surface area contributed by atoms with Crippen LogP contribution in [0.2, 0.25) is 0 Å². The van der Waals surface area contributed by atoms with Crippen molar-refractivity contribution in [1.82, 2.24) is 4.98 Å². The molecule has 11 heavy (non-hydrogen) atoms. The summed E-state index contributed by atoms with van der Waals surface area (Å²) in [5.41, 5.74) is 0. The fourth-order valence-corrected chi connectivity index (χ4v) is 2.27. The number of carbonyl (C=O) groups is 1. The SMILES string of the molecule is CC(=O)C(C)Sc1nccs1. The third-order valence-electron chi connectivity index (χ3n) is 1.26. The Labute approximate surface area is 74.0 Å². The predicted molar refractivity (Wildman–Crippen MR) is 48.1 cm³/mol. The minimum Gasteiger partial charge on any atom is -0.299 e. The normalized spacial score (nSPS) is 12.9. The molecule has 0 aromatic carbocycles. The number of carbonyl (C=O) groups excluding carboxylic acids is 1. The largest absolute Gasteiger partial charge is 0.299 e. The predicted octanol–water partition coefficient (Wildman–Crippen LogP) is 2.21. The van der Waals surface area contributed by atoms with Crippen LogP contribution in [0.5, 0.6) is 0 Å². The number of Topliss-reactive ketones (excluding diaryl/α,β-unsaturated/α-hetero) is 1. The van der Waals surface area contributed by atoms with Crippen LogP contribution in [0.25, 0.3) is 0 Å². The Morgan fingerprint density at radius 1 is 1.82 bits per heavy atom. The molecule has 0 aliphatic rings. The molecule has 0 fully saturated rings. The molecule has 0 radical (unpaired) electrons. The van der Waals surface area contributed by atoms with Gasteiger partial charge in [0.1, 0.15) is 10.1 Å². The standard InChI is InChI=1S/C7H9NOS2/c1-5(9)6(2)11-7-8-3-4-10-7/h3-4,6H,1-2H3. The minimum atomic E-state index is 0.0288. The summed E-state index contributed by atoms with van der Waals surface area (Å²) in [6, 6.07) is 0. The van der Waals surface area contributed by atoms with Crippen LogP contribution in [0.1, 0.15) is 13.8 Å². The second-order valence-corrected chi connectivity index (χ2v) is 4.65. The average molecular weight is 187 g/mol. The van der Waals surface area contributed by atoms with E-state index in [0.29, 0.717) is 0 Å². The summed E-state index contributed by atoms with van der Waals surface area (Å²) in [7, 11) is 0. The first-order valence-corrected chi connectivity index (χ1v) is 5.02. The van der Waals surface area contributed by atoms with E-state index in [0.717, 1.165) is 4.34 Å². The quantitative estimate of drug-likeness (QED) is 0.680. The maximum atomic E-state index is 10.8. The Balaban J connectivity index is 2.50. The fourth-order valence-electron chi connectivity index (χ4n) is 0.503. The van der Waals surface area contributed by atoms with Crippen molar-refractivity contribution in [2.45, 2.75) is 23.4 Å². The van der Waals surface area contributed by atoms with E-state index in [1.807, 2.05) is 12.3 Å².